The summed E-state index contributed by atoms with van der Waals surface area (Å²) < 4.78 is 7.46. The third-order valence-electron chi connectivity index (χ3n) is 2.70. The molecule has 17 heavy (non-hydrogen) atoms. The molecule has 1 aromatic rings. The second-order valence-corrected chi connectivity index (χ2v) is 4.15. The number of ether oxygens (including phenoxy) is 1. The molecule has 1 aliphatic heterocycles. The number of carbonyl (C=O) groups excluding carboxylic acids is 1. The van der Waals surface area contributed by atoms with Crippen LogP contribution in [0.1, 0.15) is 37.5 Å². The van der Waals surface area contributed by atoms with Crippen molar-refractivity contribution in [3.05, 3.63) is 24.0 Å². The number of rotatable bonds is 4. The largest absolute Gasteiger partial charge is 0.369 e. The molecule has 1 aliphatic rings. The van der Waals surface area contributed by atoms with E-state index < -0.39 is 0 Å². The normalized spacial score (nSPS) is 20.8. The maximum absolute atomic E-state index is 10.6. The van der Waals surface area contributed by atoms with E-state index in [4.69, 9.17) is 10.5 Å². The van der Waals surface area contributed by atoms with Crippen molar-refractivity contribution in [2.45, 2.75) is 31.9 Å². The Kier molecular flexibility index (Phi) is 3.93. The maximum atomic E-state index is 10.6. The molecule has 0 radical (unpaired) electrons. The first-order valence-electron chi connectivity index (χ1n) is 5.86. The minimum atomic E-state index is -0.329. The van der Waals surface area contributed by atoms with Gasteiger partial charge in [0.2, 0.25) is 5.91 Å². The molecule has 0 saturated carbocycles. The van der Waals surface area contributed by atoms with Crippen molar-refractivity contribution in [1.82, 2.24) is 9.78 Å². The molecule has 2 heterocycles. The lowest BCUT2D eigenvalue weighted by Gasteiger charge is -2.22. The summed E-state index contributed by atoms with van der Waals surface area (Å²) in [7, 11) is 0. The SMILES string of the molecule is NC(=O)CC=Cc1cnn([C@@H]2CCCCO2)c1. The molecule has 0 aliphatic carbocycles. The molecule has 1 amide bonds. The van der Waals surface area contributed by atoms with Crippen molar-refractivity contribution in [1.29, 1.82) is 0 Å². The maximum Gasteiger partial charge on any atom is 0.221 e. The van der Waals surface area contributed by atoms with Crippen LogP contribution in [0, 0.1) is 0 Å². The van der Waals surface area contributed by atoms with Gasteiger partial charge in [-0.2, -0.15) is 5.10 Å². The fourth-order valence-corrected chi connectivity index (χ4v) is 1.84. The molecule has 1 saturated heterocycles. The molecular weight excluding hydrogens is 218 g/mol. The average molecular weight is 235 g/mol. The van der Waals surface area contributed by atoms with Crippen LogP contribution in [0.15, 0.2) is 18.5 Å². The third-order valence-corrected chi connectivity index (χ3v) is 2.70. The molecule has 0 spiro atoms. The van der Waals surface area contributed by atoms with Gasteiger partial charge in [0.25, 0.3) is 0 Å². The summed E-state index contributed by atoms with van der Waals surface area (Å²) >= 11 is 0. The number of primary amides is 1. The molecule has 92 valence electrons. The third kappa shape index (κ3) is 3.42. The first-order valence-corrected chi connectivity index (χ1v) is 5.86. The quantitative estimate of drug-likeness (QED) is 0.859. The molecule has 1 atom stereocenters. The standard InChI is InChI=1S/C12H17N3O2/c13-11(16)5-3-4-10-8-14-15(9-10)12-6-1-2-7-17-12/h3-4,8-9,12H,1-2,5-7H2,(H2,13,16)/t12-/m0/s1. The van der Waals surface area contributed by atoms with Crippen LogP contribution in [0.2, 0.25) is 0 Å². The summed E-state index contributed by atoms with van der Waals surface area (Å²) in [4.78, 5) is 10.6. The van der Waals surface area contributed by atoms with Crippen molar-refractivity contribution in [3.8, 4) is 0 Å². The second kappa shape index (κ2) is 5.63. The van der Waals surface area contributed by atoms with Crippen molar-refractivity contribution < 1.29 is 9.53 Å². The molecular formula is C12H17N3O2. The van der Waals surface area contributed by atoms with Gasteiger partial charge in [0, 0.05) is 24.8 Å². The minimum absolute atomic E-state index is 0.0574. The highest BCUT2D eigenvalue weighted by atomic mass is 16.5. The summed E-state index contributed by atoms with van der Waals surface area (Å²) in [5.41, 5.74) is 6.01. The molecule has 5 heteroatoms. The van der Waals surface area contributed by atoms with Crippen LogP contribution in [-0.4, -0.2) is 22.3 Å². The zero-order valence-electron chi connectivity index (χ0n) is 9.71. The fraction of sp³-hybridized carbons (Fsp3) is 0.500. The number of hydrogen-bond acceptors (Lipinski definition) is 3. The highest BCUT2D eigenvalue weighted by molar-refractivity contribution is 5.76. The fourth-order valence-electron chi connectivity index (χ4n) is 1.84. The number of carbonyl (C=O) groups is 1. The van der Waals surface area contributed by atoms with Gasteiger partial charge in [-0.05, 0) is 19.3 Å². The summed E-state index contributed by atoms with van der Waals surface area (Å²) in [5, 5.41) is 4.26. The zero-order chi connectivity index (χ0) is 12.1. The van der Waals surface area contributed by atoms with Gasteiger partial charge in [0.1, 0.15) is 6.23 Å². The van der Waals surface area contributed by atoms with Crippen LogP contribution < -0.4 is 5.73 Å². The number of amides is 1. The number of hydrogen-bond donors (Lipinski definition) is 1. The molecule has 2 rings (SSSR count). The van der Waals surface area contributed by atoms with Crippen molar-refractivity contribution >= 4 is 12.0 Å². The average Bonchev–Trinajstić information content (AvgIpc) is 2.78. The Morgan fingerprint density at radius 1 is 1.65 bits per heavy atom. The molecule has 1 fully saturated rings. The topological polar surface area (TPSA) is 70.1 Å². The van der Waals surface area contributed by atoms with E-state index in [2.05, 4.69) is 5.10 Å². The Balaban J connectivity index is 1.95. The van der Waals surface area contributed by atoms with Crippen molar-refractivity contribution in [2.24, 2.45) is 5.73 Å². The minimum Gasteiger partial charge on any atom is -0.369 e. The van der Waals surface area contributed by atoms with E-state index >= 15 is 0 Å². The first kappa shape index (κ1) is 11.9. The Labute approximate surface area is 100 Å². The predicted molar refractivity (Wildman–Crippen MR) is 63.9 cm³/mol. The highest BCUT2D eigenvalue weighted by Gasteiger charge is 2.15. The summed E-state index contributed by atoms with van der Waals surface area (Å²) in [5.74, 6) is -0.329. The van der Waals surface area contributed by atoms with Crippen LogP contribution >= 0.6 is 0 Å². The lowest BCUT2D eigenvalue weighted by Crippen LogP contribution is -2.18. The van der Waals surface area contributed by atoms with Gasteiger partial charge in [-0.1, -0.05) is 12.2 Å². The van der Waals surface area contributed by atoms with Gasteiger partial charge < -0.3 is 10.5 Å². The van der Waals surface area contributed by atoms with Crippen molar-refractivity contribution in [2.75, 3.05) is 6.61 Å². The lowest BCUT2D eigenvalue weighted by atomic mass is 10.2. The van der Waals surface area contributed by atoms with Crippen LogP contribution in [0.5, 0.6) is 0 Å². The summed E-state index contributed by atoms with van der Waals surface area (Å²) in [6.45, 7) is 0.803. The monoisotopic (exact) mass is 235 g/mol. The Morgan fingerprint density at radius 3 is 3.24 bits per heavy atom. The van der Waals surface area contributed by atoms with E-state index in [1.807, 2.05) is 17.0 Å². The summed E-state index contributed by atoms with van der Waals surface area (Å²) in [6, 6.07) is 0. The molecule has 0 bridgehead atoms. The Hall–Kier alpha value is -1.62. The number of nitrogens with zero attached hydrogens (tertiary/aromatic N) is 2. The molecule has 0 aromatic carbocycles. The Bertz CT molecular complexity index is 406. The zero-order valence-corrected chi connectivity index (χ0v) is 9.71. The van der Waals surface area contributed by atoms with Gasteiger partial charge in [-0.25, -0.2) is 4.68 Å². The smallest absolute Gasteiger partial charge is 0.221 e. The molecule has 5 nitrogen and oxygen atoms in total. The molecule has 1 aromatic heterocycles. The summed E-state index contributed by atoms with van der Waals surface area (Å²) in [6.07, 6.45) is 10.9. The number of nitrogens with two attached hydrogens (primary N) is 1. The van der Waals surface area contributed by atoms with Gasteiger partial charge in [0.05, 0.1) is 6.20 Å². The highest BCUT2D eigenvalue weighted by Crippen LogP contribution is 2.21. The number of aromatic nitrogens is 2. The van der Waals surface area contributed by atoms with Crippen LogP contribution in [0.4, 0.5) is 0 Å². The van der Waals surface area contributed by atoms with E-state index in [1.165, 1.54) is 6.42 Å². The molecule has 0 unspecified atom stereocenters. The second-order valence-electron chi connectivity index (χ2n) is 4.15. The van der Waals surface area contributed by atoms with Gasteiger partial charge in [0.15, 0.2) is 0 Å². The van der Waals surface area contributed by atoms with E-state index in [1.54, 1.807) is 12.3 Å². The van der Waals surface area contributed by atoms with Gasteiger partial charge >= 0.3 is 0 Å². The van der Waals surface area contributed by atoms with Crippen LogP contribution in [0.25, 0.3) is 6.08 Å². The van der Waals surface area contributed by atoms with Gasteiger partial charge in [-0.3, -0.25) is 4.79 Å². The van der Waals surface area contributed by atoms with Crippen LogP contribution in [0.3, 0.4) is 0 Å². The molecule has 2 N–H and O–H groups in total. The van der Waals surface area contributed by atoms with E-state index in [0.717, 1.165) is 25.0 Å². The van der Waals surface area contributed by atoms with Gasteiger partial charge in [-0.15, -0.1) is 0 Å². The van der Waals surface area contributed by atoms with E-state index in [-0.39, 0.29) is 18.6 Å². The lowest BCUT2D eigenvalue weighted by molar-refractivity contribution is -0.117. The van der Waals surface area contributed by atoms with E-state index in [9.17, 15) is 4.79 Å². The first-order chi connectivity index (χ1) is 8.25. The predicted octanol–water partition coefficient (Wildman–Crippen LogP) is 1.47. The van der Waals surface area contributed by atoms with Crippen LogP contribution in [-0.2, 0) is 9.53 Å². The van der Waals surface area contributed by atoms with E-state index in [0.29, 0.717) is 0 Å². The Morgan fingerprint density at radius 2 is 2.53 bits per heavy atom. The van der Waals surface area contributed by atoms with Crippen molar-refractivity contribution in [3.63, 3.8) is 0 Å².